The minimum atomic E-state index is -0.738. The van der Waals surface area contributed by atoms with Gasteiger partial charge in [-0.25, -0.2) is 0 Å². The Morgan fingerprint density at radius 1 is 0.224 bits per heavy atom. The molecule has 272 valence electrons. The van der Waals surface area contributed by atoms with E-state index in [0.717, 1.165) is 17.1 Å². The molecule has 0 spiro atoms. The van der Waals surface area contributed by atoms with E-state index in [4.69, 9.17) is 0 Å². The van der Waals surface area contributed by atoms with Crippen LogP contribution in [0.25, 0.3) is 82.5 Å². The van der Waals surface area contributed by atoms with Gasteiger partial charge >= 0.3 is 0 Å². The van der Waals surface area contributed by atoms with Crippen LogP contribution < -0.4 is 15.9 Å². The number of rotatable bonds is 6. The number of hydrogen-bond donors (Lipinski definition) is 0. The van der Waals surface area contributed by atoms with E-state index in [2.05, 4.69) is 232 Å². The van der Waals surface area contributed by atoms with Crippen LogP contribution in [0.15, 0.2) is 218 Å². The number of benzene rings is 9. The summed E-state index contributed by atoms with van der Waals surface area (Å²) in [6.45, 7) is 0. The maximum absolute atomic E-state index is 2.46. The van der Waals surface area contributed by atoms with E-state index in [1.54, 1.807) is 0 Å². The molecule has 3 heterocycles. The summed E-state index contributed by atoms with van der Waals surface area (Å²) in [6.07, 6.45) is 0. The fraction of sp³-hybridized carbons (Fsp3) is 0. The number of fused-ring (bicyclic) bond motifs is 9. The van der Waals surface area contributed by atoms with Gasteiger partial charge in [-0.1, -0.05) is 140 Å². The molecule has 9 aromatic carbocycles. The highest BCUT2D eigenvalue weighted by Crippen LogP contribution is 2.41. The summed E-state index contributed by atoms with van der Waals surface area (Å²) in [5.74, 6) is 0. The van der Waals surface area contributed by atoms with Gasteiger partial charge in [0.05, 0.1) is 33.1 Å². The maximum Gasteiger partial charge on any atom is 0.0542 e. The predicted octanol–water partition coefficient (Wildman–Crippen LogP) is 12.7. The molecule has 0 aliphatic heterocycles. The molecule has 0 bridgehead atoms. The molecule has 12 aromatic rings. The van der Waals surface area contributed by atoms with Crippen LogP contribution in [0, 0.1) is 0 Å². The van der Waals surface area contributed by atoms with Crippen LogP contribution in [0.3, 0.4) is 0 Å². The summed E-state index contributed by atoms with van der Waals surface area (Å²) >= 11 is 0. The molecule has 4 heteroatoms. The fourth-order valence-corrected chi connectivity index (χ4v) is 11.6. The van der Waals surface area contributed by atoms with E-state index in [1.807, 2.05) is 0 Å². The van der Waals surface area contributed by atoms with E-state index >= 15 is 0 Å². The van der Waals surface area contributed by atoms with Gasteiger partial charge in [-0.2, -0.15) is 0 Å². The van der Waals surface area contributed by atoms with Crippen molar-refractivity contribution in [2.45, 2.75) is 0 Å². The van der Waals surface area contributed by atoms with Crippen molar-refractivity contribution in [2.24, 2.45) is 0 Å². The second-order valence-electron chi connectivity index (χ2n) is 15.0. The molecule has 0 atom stereocenters. The Labute approximate surface area is 337 Å². The average molecular weight is 758 g/mol. The molecule has 3 nitrogen and oxygen atoms in total. The van der Waals surface area contributed by atoms with Gasteiger partial charge in [0.2, 0.25) is 0 Å². The van der Waals surface area contributed by atoms with Crippen LogP contribution in [0.4, 0.5) is 0 Å². The van der Waals surface area contributed by atoms with E-state index in [0.29, 0.717) is 0 Å². The molecular weight excluding hydrogens is 722 g/mol. The highest BCUT2D eigenvalue weighted by molar-refractivity contribution is 7.79. The zero-order valence-electron chi connectivity index (χ0n) is 31.6. The monoisotopic (exact) mass is 757 g/mol. The van der Waals surface area contributed by atoms with Crippen LogP contribution in [0.1, 0.15) is 0 Å². The third-order valence-corrected chi connectivity index (χ3v) is 14.2. The lowest BCUT2D eigenvalue weighted by Gasteiger charge is -2.19. The summed E-state index contributed by atoms with van der Waals surface area (Å²) in [5.41, 5.74) is 10.7. The first-order valence-corrected chi connectivity index (χ1v) is 21.2. The van der Waals surface area contributed by atoms with Crippen molar-refractivity contribution in [1.29, 1.82) is 0 Å². The summed E-state index contributed by atoms with van der Waals surface area (Å²) in [6, 6.07) is 80.3. The number of hydrogen-bond acceptors (Lipinski definition) is 0. The summed E-state index contributed by atoms with van der Waals surface area (Å²) < 4.78 is 7.30. The van der Waals surface area contributed by atoms with Crippen LogP contribution in [-0.4, -0.2) is 13.7 Å². The Kier molecular flexibility index (Phi) is 7.51. The van der Waals surface area contributed by atoms with E-state index in [1.165, 1.54) is 81.3 Å². The SMILES string of the molecule is c1ccc(-n2c3ccc(-n4c5ccccc5c5ccccc54)cc3c3cc(-n4c5ccccc5c5cc(P(c6ccccc6)c6ccccc6)ccc54)ccc32)cc1. The largest absolute Gasteiger partial charge is 0.309 e. The molecule has 58 heavy (non-hydrogen) atoms. The van der Waals surface area contributed by atoms with Crippen molar-refractivity contribution >= 4 is 89.3 Å². The topological polar surface area (TPSA) is 14.8 Å². The minimum Gasteiger partial charge on any atom is -0.309 e. The maximum atomic E-state index is 2.46. The standard InChI is InChI=1S/C54H36N3P/c1-4-16-37(17-5-1)55-52-31-28-38(56-49-25-13-10-22-43(49)44-23-11-14-26-50(44)56)34-46(52)47-35-39(29-32-53(47)55)57-51-27-15-12-24-45(51)48-36-42(30-33-54(48)57)58(40-18-6-2-7-19-40)41-20-8-3-9-21-41/h1-36H. The van der Waals surface area contributed by atoms with E-state index in [9.17, 15) is 0 Å². The van der Waals surface area contributed by atoms with Crippen molar-refractivity contribution in [2.75, 3.05) is 0 Å². The highest BCUT2D eigenvalue weighted by Gasteiger charge is 2.21. The number of para-hydroxylation sites is 4. The van der Waals surface area contributed by atoms with Crippen molar-refractivity contribution in [3.63, 3.8) is 0 Å². The van der Waals surface area contributed by atoms with Gasteiger partial charge in [0.1, 0.15) is 0 Å². The predicted molar refractivity (Wildman–Crippen MR) is 248 cm³/mol. The molecular formula is C54H36N3P. The second kappa shape index (κ2) is 13.2. The molecule has 0 aliphatic rings. The van der Waals surface area contributed by atoms with Crippen LogP contribution in [-0.2, 0) is 0 Å². The molecule has 0 aliphatic carbocycles. The Hall–Kier alpha value is -7.19. The Balaban J connectivity index is 1.10. The Morgan fingerprint density at radius 2 is 0.569 bits per heavy atom. The summed E-state index contributed by atoms with van der Waals surface area (Å²) in [5, 5.41) is 11.6. The van der Waals surface area contributed by atoms with Gasteiger partial charge < -0.3 is 13.7 Å². The molecule has 0 radical (unpaired) electrons. The summed E-state index contributed by atoms with van der Waals surface area (Å²) in [7, 11) is -0.738. The third kappa shape index (κ3) is 5.04. The van der Waals surface area contributed by atoms with Gasteiger partial charge in [-0.15, -0.1) is 0 Å². The zero-order chi connectivity index (χ0) is 38.2. The molecule has 0 N–H and O–H groups in total. The number of aromatic nitrogens is 3. The quantitative estimate of drug-likeness (QED) is 0.150. The lowest BCUT2D eigenvalue weighted by molar-refractivity contribution is 1.16. The van der Waals surface area contributed by atoms with Crippen molar-refractivity contribution in [3.05, 3.63) is 218 Å². The normalized spacial score (nSPS) is 11.9. The second-order valence-corrected chi connectivity index (χ2v) is 17.2. The zero-order valence-corrected chi connectivity index (χ0v) is 32.5. The molecule has 12 rings (SSSR count). The third-order valence-electron chi connectivity index (χ3n) is 11.8. The molecule has 0 amide bonds. The molecule has 0 unspecified atom stereocenters. The van der Waals surface area contributed by atoms with Gasteiger partial charge in [0, 0.05) is 49.4 Å². The van der Waals surface area contributed by atoms with Crippen molar-refractivity contribution in [1.82, 2.24) is 13.7 Å². The Morgan fingerprint density at radius 3 is 1.05 bits per heavy atom. The first-order valence-electron chi connectivity index (χ1n) is 19.9. The van der Waals surface area contributed by atoms with Gasteiger partial charge in [0.25, 0.3) is 0 Å². The fourth-order valence-electron chi connectivity index (χ4n) is 9.31. The molecule has 0 saturated carbocycles. The summed E-state index contributed by atoms with van der Waals surface area (Å²) in [4.78, 5) is 0. The average Bonchev–Trinajstić information content (AvgIpc) is 3.92. The first kappa shape index (κ1) is 33.0. The Bertz CT molecular complexity index is 3410. The number of nitrogens with zero attached hydrogens (tertiary/aromatic N) is 3. The van der Waals surface area contributed by atoms with E-state index in [-0.39, 0.29) is 0 Å². The van der Waals surface area contributed by atoms with Crippen molar-refractivity contribution < 1.29 is 0 Å². The van der Waals surface area contributed by atoms with Crippen LogP contribution in [0.2, 0.25) is 0 Å². The van der Waals surface area contributed by atoms with Gasteiger partial charge in [-0.05, 0) is 103 Å². The molecule has 0 saturated heterocycles. The highest BCUT2D eigenvalue weighted by atomic mass is 31.1. The van der Waals surface area contributed by atoms with Crippen LogP contribution in [0.5, 0.6) is 0 Å². The molecule has 3 aromatic heterocycles. The van der Waals surface area contributed by atoms with Gasteiger partial charge in [-0.3, -0.25) is 0 Å². The smallest absolute Gasteiger partial charge is 0.0542 e. The minimum absolute atomic E-state index is 0.738. The lowest BCUT2D eigenvalue weighted by Crippen LogP contribution is -2.20. The lowest BCUT2D eigenvalue weighted by atomic mass is 10.1. The van der Waals surface area contributed by atoms with Crippen LogP contribution >= 0.6 is 7.92 Å². The van der Waals surface area contributed by atoms with Gasteiger partial charge in [0.15, 0.2) is 0 Å². The first-order chi connectivity index (χ1) is 28.8. The molecule has 0 fully saturated rings. The van der Waals surface area contributed by atoms with E-state index < -0.39 is 7.92 Å². The van der Waals surface area contributed by atoms with Crippen molar-refractivity contribution in [3.8, 4) is 17.1 Å².